The van der Waals surface area contributed by atoms with Crippen LogP contribution in [0.2, 0.25) is 0 Å². The lowest BCUT2D eigenvalue weighted by molar-refractivity contribution is -0.141. The van der Waals surface area contributed by atoms with Gasteiger partial charge in [0.1, 0.15) is 5.75 Å². The number of nitrogens with one attached hydrogen (secondary N) is 3. The minimum absolute atomic E-state index is 0.567. The maximum Gasteiger partial charge on any atom is 0.327 e. The van der Waals surface area contributed by atoms with Crippen LogP contribution in [-0.2, 0) is 4.79 Å². The van der Waals surface area contributed by atoms with Gasteiger partial charge in [-0.3, -0.25) is 4.79 Å². The number of carboxylic acid groups (broad SMARTS) is 1. The Kier molecular flexibility index (Phi) is 4.36. The molecule has 0 saturated carbocycles. The molecule has 19 heavy (non-hydrogen) atoms. The molecule has 6 nitrogen and oxygen atoms in total. The van der Waals surface area contributed by atoms with Gasteiger partial charge in [0.2, 0.25) is 0 Å². The molecule has 0 bridgehead atoms. The number of hydrogen-bond donors (Lipinski definition) is 4. The van der Waals surface area contributed by atoms with Gasteiger partial charge in [-0.15, -0.1) is 0 Å². The van der Waals surface area contributed by atoms with Gasteiger partial charge in [-0.2, -0.15) is 5.53 Å². The van der Waals surface area contributed by atoms with E-state index in [2.05, 4.69) is 28.2 Å². The zero-order valence-electron chi connectivity index (χ0n) is 10.4. The monoisotopic (exact) mass is 261 g/mol. The highest BCUT2D eigenvalue weighted by molar-refractivity contribution is 5.74. The molecule has 4 N–H and O–H groups in total. The van der Waals surface area contributed by atoms with E-state index >= 15 is 0 Å². The maximum atomic E-state index is 11.0. The molecule has 1 aliphatic rings. The van der Waals surface area contributed by atoms with Gasteiger partial charge in [-0.25, -0.2) is 10.9 Å². The van der Waals surface area contributed by atoms with E-state index in [1.54, 1.807) is 12.1 Å². The molecular weight excluding hydrogens is 246 g/mol. The highest BCUT2D eigenvalue weighted by Gasteiger charge is 2.34. The Morgan fingerprint density at radius 2 is 2.32 bits per heavy atom. The maximum absolute atomic E-state index is 11.0. The molecule has 1 aromatic rings. The Hall–Kier alpha value is -2.07. The zero-order chi connectivity index (χ0) is 13.7. The lowest BCUT2D eigenvalue weighted by atomic mass is 10.2. The zero-order valence-corrected chi connectivity index (χ0v) is 10.4. The van der Waals surface area contributed by atoms with E-state index in [4.69, 9.17) is 9.84 Å². The van der Waals surface area contributed by atoms with Gasteiger partial charge in [-0.1, -0.05) is 24.8 Å². The molecular formula is C13H15N3O3. The summed E-state index contributed by atoms with van der Waals surface area (Å²) in [5.74, 6) is 5.54. The molecule has 6 heteroatoms. The summed E-state index contributed by atoms with van der Waals surface area (Å²) in [6, 6.07) is 6.38. The number of rotatable bonds is 3. The highest BCUT2D eigenvalue weighted by Crippen LogP contribution is 2.15. The van der Waals surface area contributed by atoms with Gasteiger partial charge in [0.15, 0.2) is 12.3 Å². The van der Waals surface area contributed by atoms with E-state index in [1.165, 1.54) is 0 Å². The van der Waals surface area contributed by atoms with Crippen molar-refractivity contribution in [3.8, 4) is 17.6 Å². The first kappa shape index (κ1) is 13.4. The highest BCUT2D eigenvalue weighted by atomic mass is 16.5. The van der Waals surface area contributed by atoms with Crippen LogP contribution in [0.25, 0.3) is 0 Å². The number of aliphatic carboxylic acids is 1. The second-order valence-electron chi connectivity index (χ2n) is 3.95. The summed E-state index contributed by atoms with van der Waals surface area (Å²) in [6.45, 7) is 1.98. The number of carbonyl (C=O) groups is 1. The molecule has 0 aliphatic carbocycles. The average Bonchev–Trinajstić information content (AvgIpc) is 2.85. The molecule has 100 valence electrons. The van der Waals surface area contributed by atoms with Crippen molar-refractivity contribution in [2.75, 3.05) is 0 Å². The molecule has 1 aromatic carbocycles. The minimum atomic E-state index is -0.996. The molecule has 2 unspecified atom stereocenters. The normalized spacial score (nSPS) is 21.5. The second-order valence-corrected chi connectivity index (χ2v) is 3.95. The van der Waals surface area contributed by atoms with Gasteiger partial charge in [0, 0.05) is 12.0 Å². The molecule has 0 spiro atoms. The summed E-state index contributed by atoms with van der Waals surface area (Å²) in [5, 5.41) is 8.99. The molecule has 1 saturated heterocycles. The van der Waals surface area contributed by atoms with Crippen LogP contribution in [0.3, 0.4) is 0 Å². The van der Waals surface area contributed by atoms with E-state index in [0.717, 1.165) is 12.0 Å². The van der Waals surface area contributed by atoms with Gasteiger partial charge < -0.3 is 9.84 Å². The topological polar surface area (TPSA) is 82.6 Å². The molecule has 1 aliphatic heterocycles. The summed E-state index contributed by atoms with van der Waals surface area (Å²) >= 11 is 0. The lowest BCUT2D eigenvalue weighted by Gasteiger charge is -2.16. The number of hydrogen-bond acceptors (Lipinski definition) is 5. The fourth-order valence-corrected chi connectivity index (χ4v) is 1.62. The first-order valence-electron chi connectivity index (χ1n) is 5.95. The quantitative estimate of drug-likeness (QED) is 0.583. The van der Waals surface area contributed by atoms with Crippen LogP contribution in [0.1, 0.15) is 18.9 Å². The van der Waals surface area contributed by atoms with E-state index in [0.29, 0.717) is 5.75 Å². The molecule has 1 fully saturated rings. The number of hydrazine groups is 2. The predicted octanol–water partition coefficient (Wildman–Crippen LogP) is 0.219. The van der Waals surface area contributed by atoms with Crippen LogP contribution in [0.4, 0.5) is 0 Å². The van der Waals surface area contributed by atoms with Crippen molar-refractivity contribution < 1.29 is 14.6 Å². The van der Waals surface area contributed by atoms with E-state index in [1.807, 2.05) is 19.1 Å². The summed E-state index contributed by atoms with van der Waals surface area (Å²) in [7, 11) is 0. The van der Waals surface area contributed by atoms with E-state index < -0.39 is 18.2 Å². The first-order valence-corrected chi connectivity index (χ1v) is 5.95. The van der Waals surface area contributed by atoms with E-state index in [9.17, 15) is 4.79 Å². The molecule has 0 amide bonds. The SMILES string of the molecule is CCC#Cc1cccc(OC2NNNC2C(=O)O)c1. The van der Waals surface area contributed by atoms with E-state index in [-0.39, 0.29) is 0 Å². The Bertz CT molecular complexity index is 521. The molecule has 0 aromatic heterocycles. The Labute approximate surface area is 111 Å². The largest absolute Gasteiger partial charge is 0.480 e. The Balaban J connectivity index is 2.08. The van der Waals surface area contributed by atoms with Crippen molar-refractivity contribution in [2.24, 2.45) is 0 Å². The van der Waals surface area contributed by atoms with Gasteiger partial charge in [-0.05, 0) is 18.2 Å². The van der Waals surface area contributed by atoms with Crippen LogP contribution in [0.15, 0.2) is 24.3 Å². The summed E-state index contributed by atoms with van der Waals surface area (Å²) in [6.07, 6.45) is 0.0939. The molecule has 2 atom stereocenters. The smallest absolute Gasteiger partial charge is 0.327 e. The minimum Gasteiger partial charge on any atom is -0.480 e. The van der Waals surface area contributed by atoms with Crippen molar-refractivity contribution in [2.45, 2.75) is 25.6 Å². The number of ether oxygens (including phenoxy) is 1. The van der Waals surface area contributed by atoms with Gasteiger partial charge in [0.05, 0.1) is 0 Å². The molecule has 2 rings (SSSR count). The van der Waals surface area contributed by atoms with Crippen LogP contribution < -0.4 is 21.1 Å². The third-order valence-corrected chi connectivity index (χ3v) is 2.52. The first-order chi connectivity index (χ1) is 9.20. The van der Waals surface area contributed by atoms with Gasteiger partial charge in [0.25, 0.3) is 0 Å². The fourth-order valence-electron chi connectivity index (χ4n) is 1.62. The standard InChI is InChI=1S/C13H15N3O3/c1-2-3-5-9-6-4-7-10(8-9)19-12-11(13(17)18)14-16-15-12/h4,6-8,11-12,14-16H,2H2,1H3,(H,17,18). The van der Waals surface area contributed by atoms with Crippen LogP contribution in [0.5, 0.6) is 5.75 Å². The molecule has 0 radical (unpaired) electrons. The fraction of sp³-hybridized carbons (Fsp3) is 0.308. The Morgan fingerprint density at radius 1 is 1.47 bits per heavy atom. The predicted molar refractivity (Wildman–Crippen MR) is 68.9 cm³/mol. The van der Waals surface area contributed by atoms with Crippen molar-refractivity contribution in [1.29, 1.82) is 0 Å². The Morgan fingerprint density at radius 3 is 3.05 bits per heavy atom. The van der Waals surface area contributed by atoms with Crippen molar-refractivity contribution >= 4 is 5.97 Å². The van der Waals surface area contributed by atoms with Crippen molar-refractivity contribution in [3.63, 3.8) is 0 Å². The lowest BCUT2D eigenvalue weighted by Crippen LogP contribution is -2.44. The van der Waals surface area contributed by atoms with Crippen LogP contribution in [-0.4, -0.2) is 23.3 Å². The van der Waals surface area contributed by atoms with Crippen LogP contribution in [0, 0.1) is 11.8 Å². The van der Waals surface area contributed by atoms with Crippen molar-refractivity contribution in [3.05, 3.63) is 29.8 Å². The van der Waals surface area contributed by atoms with Gasteiger partial charge >= 0.3 is 5.97 Å². The summed E-state index contributed by atoms with van der Waals surface area (Å²) in [4.78, 5) is 11.0. The third-order valence-electron chi connectivity index (χ3n) is 2.52. The average molecular weight is 261 g/mol. The number of carboxylic acids is 1. The van der Waals surface area contributed by atoms with Crippen molar-refractivity contribution in [1.82, 2.24) is 16.4 Å². The third kappa shape index (κ3) is 3.45. The second kappa shape index (κ2) is 6.20. The summed E-state index contributed by atoms with van der Waals surface area (Å²) < 4.78 is 5.59. The number of benzene rings is 1. The van der Waals surface area contributed by atoms with Crippen LogP contribution >= 0.6 is 0 Å². The summed E-state index contributed by atoms with van der Waals surface area (Å²) in [5.41, 5.74) is 8.64. The molecule has 1 heterocycles.